The normalized spacial score (nSPS) is 12.8. The smallest absolute Gasteiger partial charge is 0.106 e. The average Bonchev–Trinajstić information content (AvgIpc) is 3.03. The number of rotatable bonds is 5. The number of hydrogen-bond donors (Lipinski definition) is 1. The van der Waals surface area contributed by atoms with Crippen LogP contribution >= 0.6 is 23.4 Å². The molecule has 0 saturated carbocycles. The maximum atomic E-state index is 10.3. The molecule has 0 radical (unpaired) electrons. The molecule has 0 aliphatic carbocycles. The Hall–Kier alpha value is -1.85. The second kappa shape index (κ2) is 7.20. The third kappa shape index (κ3) is 3.70. The van der Waals surface area contributed by atoms with Gasteiger partial charge in [-0.1, -0.05) is 42.5 Å². The van der Waals surface area contributed by atoms with Crippen LogP contribution in [0.25, 0.3) is 31.3 Å². The first-order valence-electron chi connectivity index (χ1n) is 9.34. The highest BCUT2D eigenvalue weighted by Crippen LogP contribution is 2.38. The van der Waals surface area contributed by atoms with Crippen LogP contribution in [0.5, 0.6) is 0 Å². The minimum Gasteiger partial charge on any atom is -0.387 e. The molecule has 0 saturated heterocycles. The molecule has 4 rings (SSSR count). The molecule has 1 heterocycles. The molecule has 144 valence electrons. The van der Waals surface area contributed by atoms with E-state index in [1.807, 2.05) is 37.3 Å². The lowest BCUT2D eigenvalue weighted by Gasteiger charge is -2.35. The first kappa shape index (κ1) is 19.5. The summed E-state index contributed by atoms with van der Waals surface area (Å²) in [6.45, 7) is 7.34. The van der Waals surface area contributed by atoms with Crippen molar-refractivity contribution < 1.29 is 9.29 Å². The van der Waals surface area contributed by atoms with Crippen LogP contribution in [0.1, 0.15) is 27.7 Å². The van der Waals surface area contributed by atoms with Gasteiger partial charge in [-0.25, -0.2) is 0 Å². The lowest BCUT2D eigenvalue weighted by molar-refractivity contribution is -0.0813. The first-order chi connectivity index (χ1) is 13.2. The number of hydrogen-bond acceptors (Lipinski definition) is 4. The summed E-state index contributed by atoms with van der Waals surface area (Å²) in [5.41, 5.74) is 0.769. The quantitative estimate of drug-likeness (QED) is 0.351. The second-order valence-electron chi connectivity index (χ2n) is 8.07. The van der Waals surface area contributed by atoms with Gasteiger partial charge in [-0.15, -0.1) is 11.3 Å². The van der Waals surface area contributed by atoms with E-state index in [2.05, 4.69) is 54.6 Å². The van der Waals surface area contributed by atoms with Gasteiger partial charge in [0.1, 0.15) is 5.60 Å². The summed E-state index contributed by atoms with van der Waals surface area (Å²) in [6.07, 6.45) is 0. The molecule has 4 heteroatoms. The van der Waals surface area contributed by atoms with Gasteiger partial charge >= 0.3 is 0 Å². The third-order valence-electron chi connectivity index (χ3n) is 5.37. The molecule has 0 spiro atoms. The molecular formula is C24H24O2S2. The van der Waals surface area contributed by atoms with Gasteiger partial charge in [0, 0.05) is 37.1 Å². The van der Waals surface area contributed by atoms with Gasteiger partial charge in [0.2, 0.25) is 0 Å². The highest BCUT2D eigenvalue weighted by Gasteiger charge is 2.36. The standard InChI is InChI=1S/C24H24O2S2/c1-23(2,25)24(3,4)26-28-18-9-7-8-16(14-18)17-12-13-20-19-10-5-6-11-21(19)27-22(20)15-17/h5-15,25H,1-4H3. The van der Waals surface area contributed by atoms with Crippen molar-refractivity contribution in [2.24, 2.45) is 0 Å². The Bertz CT molecular complexity index is 1140. The average molecular weight is 409 g/mol. The van der Waals surface area contributed by atoms with Gasteiger partial charge in [-0.3, -0.25) is 0 Å². The van der Waals surface area contributed by atoms with Gasteiger partial charge in [0.15, 0.2) is 0 Å². The van der Waals surface area contributed by atoms with Crippen molar-refractivity contribution in [1.29, 1.82) is 0 Å². The van der Waals surface area contributed by atoms with Crippen molar-refractivity contribution in [2.45, 2.75) is 43.8 Å². The fourth-order valence-corrected chi connectivity index (χ4v) is 4.85. The zero-order chi connectivity index (χ0) is 19.9. The van der Waals surface area contributed by atoms with E-state index in [9.17, 15) is 5.11 Å². The van der Waals surface area contributed by atoms with E-state index in [4.69, 9.17) is 4.18 Å². The molecule has 0 aliphatic rings. The molecule has 1 aromatic heterocycles. The van der Waals surface area contributed by atoms with Gasteiger partial charge in [0.05, 0.1) is 5.60 Å². The molecule has 0 bridgehead atoms. The van der Waals surface area contributed by atoms with Crippen LogP contribution in [0.15, 0.2) is 71.6 Å². The van der Waals surface area contributed by atoms with Crippen LogP contribution in [-0.2, 0) is 4.18 Å². The first-order valence-corrected chi connectivity index (χ1v) is 10.9. The summed E-state index contributed by atoms with van der Waals surface area (Å²) >= 11 is 3.15. The monoisotopic (exact) mass is 408 g/mol. The maximum absolute atomic E-state index is 10.3. The second-order valence-corrected chi connectivity index (χ2v) is 9.96. The van der Waals surface area contributed by atoms with Gasteiger partial charge in [0.25, 0.3) is 0 Å². The van der Waals surface area contributed by atoms with Crippen molar-refractivity contribution in [3.63, 3.8) is 0 Å². The molecule has 2 nitrogen and oxygen atoms in total. The third-order valence-corrected chi connectivity index (χ3v) is 7.45. The summed E-state index contributed by atoms with van der Waals surface area (Å²) in [6, 6.07) is 23.6. The fraction of sp³-hybridized carbons (Fsp3) is 0.250. The molecule has 3 aromatic carbocycles. The van der Waals surface area contributed by atoms with E-state index in [1.54, 1.807) is 13.8 Å². The minimum absolute atomic E-state index is 0.663. The number of aliphatic hydroxyl groups is 1. The van der Waals surface area contributed by atoms with Gasteiger partial charge < -0.3 is 9.29 Å². The Kier molecular flexibility index (Phi) is 5.00. The predicted octanol–water partition coefficient (Wildman–Crippen LogP) is 7.29. The molecule has 0 atom stereocenters. The van der Waals surface area contributed by atoms with E-state index in [-0.39, 0.29) is 0 Å². The summed E-state index contributed by atoms with van der Waals surface area (Å²) < 4.78 is 8.57. The Morgan fingerprint density at radius 2 is 1.50 bits per heavy atom. The zero-order valence-corrected chi connectivity index (χ0v) is 18.2. The molecular weight excluding hydrogens is 384 g/mol. The highest BCUT2D eigenvalue weighted by atomic mass is 32.2. The maximum Gasteiger partial charge on any atom is 0.106 e. The topological polar surface area (TPSA) is 29.5 Å². The SMILES string of the molecule is CC(C)(O)C(C)(C)OSc1cccc(-c2ccc3c(c2)sc2ccccc23)c1. The predicted molar refractivity (Wildman–Crippen MR) is 122 cm³/mol. The Morgan fingerprint density at radius 3 is 2.29 bits per heavy atom. The Balaban J connectivity index is 1.63. The Labute approximate surface area is 174 Å². The zero-order valence-electron chi connectivity index (χ0n) is 16.5. The van der Waals surface area contributed by atoms with E-state index in [0.717, 1.165) is 10.5 Å². The van der Waals surface area contributed by atoms with E-state index >= 15 is 0 Å². The van der Waals surface area contributed by atoms with Crippen LogP contribution < -0.4 is 0 Å². The lowest BCUT2D eigenvalue weighted by atomic mass is 9.90. The summed E-state index contributed by atoms with van der Waals surface area (Å²) in [7, 11) is 0. The lowest BCUT2D eigenvalue weighted by Crippen LogP contribution is -2.45. The van der Waals surface area contributed by atoms with Crippen molar-refractivity contribution in [3.8, 4) is 11.1 Å². The Morgan fingerprint density at radius 1 is 0.786 bits per heavy atom. The molecule has 0 aliphatic heterocycles. The van der Waals surface area contributed by atoms with Crippen LogP contribution in [0.2, 0.25) is 0 Å². The minimum atomic E-state index is -0.927. The van der Waals surface area contributed by atoms with Gasteiger partial charge in [-0.2, -0.15) is 0 Å². The van der Waals surface area contributed by atoms with Crippen LogP contribution in [-0.4, -0.2) is 16.3 Å². The van der Waals surface area contributed by atoms with Crippen molar-refractivity contribution in [2.75, 3.05) is 0 Å². The van der Waals surface area contributed by atoms with Crippen LogP contribution in [0, 0.1) is 0 Å². The van der Waals surface area contributed by atoms with Crippen molar-refractivity contribution in [1.82, 2.24) is 0 Å². The van der Waals surface area contributed by atoms with Crippen LogP contribution in [0.3, 0.4) is 0 Å². The molecule has 0 unspecified atom stereocenters. The molecule has 4 aromatic rings. The van der Waals surface area contributed by atoms with Crippen molar-refractivity contribution in [3.05, 3.63) is 66.7 Å². The molecule has 0 fully saturated rings. The van der Waals surface area contributed by atoms with E-state index in [1.165, 1.54) is 37.8 Å². The summed E-state index contributed by atoms with van der Waals surface area (Å²) in [5, 5.41) is 12.9. The fourth-order valence-electron chi connectivity index (χ4n) is 2.89. The number of thiophene rings is 1. The number of benzene rings is 3. The van der Waals surface area contributed by atoms with Gasteiger partial charge in [-0.05, 0) is 63.1 Å². The molecule has 28 heavy (non-hydrogen) atoms. The van der Waals surface area contributed by atoms with Crippen molar-refractivity contribution >= 4 is 43.6 Å². The van der Waals surface area contributed by atoms with E-state index < -0.39 is 11.2 Å². The van der Waals surface area contributed by atoms with E-state index in [0.29, 0.717) is 0 Å². The molecule has 0 amide bonds. The summed E-state index contributed by atoms with van der Waals surface area (Å²) in [4.78, 5) is 1.02. The largest absolute Gasteiger partial charge is 0.387 e. The molecule has 1 N–H and O–H groups in total. The van der Waals surface area contributed by atoms with Crippen LogP contribution in [0.4, 0.5) is 0 Å². The number of fused-ring (bicyclic) bond motifs is 3. The summed E-state index contributed by atoms with van der Waals surface area (Å²) in [5.74, 6) is 0. The highest BCUT2D eigenvalue weighted by molar-refractivity contribution is 7.94.